The molecule has 0 radical (unpaired) electrons. The molecule has 0 bridgehead atoms. The fourth-order valence-corrected chi connectivity index (χ4v) is 1.80. The summed E-state index contributed by atoms with van der Waals surface area (Å²) in [7, 11) is 1.52. The quantitative estimate of drug-likeness (QED) is 0.796. The van der Waals surface area contributed by atoms with Crippen LogP contribution in [0, 0.1) is 6.92 Å². The van der Waals surface area contributed by atoms with Gasteiger partial charge in [-0.05, 0) is 6.92 Å². The SMILES string of the molecule is COc1cc(C)nc(N2CCC(F)(F)CC2)n1. The van der Waals surface area contributed by atoms with E-state index in [2.05, 4.69) is 9.97 Å². The highest BCUT2D eigenvalue weighted by molar-refractivity contribution is 5.35. The van der Waals surface area contributed by atoms with E-state index in [-0.39, 0.29) is 25.9 Å². The lowest BCUT2D eigenvalue weighted by atomic mass is 10.1. The van der Waals surface area contributed by atoms with E-state index in [0.29, 0.717) is 11.8 Å². The number of aryl methyl sites for hydroxylation is 1. The second kappa shape index (κ2) is 4.43. The van der Waals surface area contributed by atoms with Gasteiger partial charge in [0.25, 0.3) is 5.92 Å². The molecule has 0 aromatic carbocycles. The minimum Gasteiger partial charge on any atom is -0.481 e. The van der Waals surface area contributed by atoms with Crippen molar-refractivity contribution in [1.82, 2.24) is 9.97 Å². The summed E-state index contributed by atoms with van der Waals surface area (Å²) in [5.74, 6) is -1.62. The first kappa shape index (κ1) is 12.0. The van der Waals surface area contributed by atoms with Crippen LogP contribution < -0.4 is 9.64 Å². The lowest BCUT2D eigenvalue weighted by Gasteiger charge is -2.31. The van der Waals surface area contributed by atoms with Crippen LogP contribution in [0.25, 0.3) is 0 Å². The molecule has 0 N–H and O–H groups in total. The number of nitrogens with zero attached hydrogens (tertiary/aromatic N) is 3. The van der Waals surface area contributed by atoms with Gasteiger partial charge in [0.05, 0.1) is 7.11 Å². The van der Waals surface area contributed by atoms with Gasteiger partial charge in [-0.25, -0.2) is 13.8 Å². The van der Waals surface area contributed by atoms with E-state index in [1.54, 1.807) is 11.0 Å². The van der Waals surface area contributed by atoms with Crippen LogP contribution in [0.3, 0.4) is 0 Å². The molecule has 1 aromatic rings. The van der Waals surface area contributed by atoms with Crippen LogP contribution in [0.1, 0.15) is 18.5 Å². The highest BCUT2D eigenvalue weighted by Crippen LogP contribution is 2.29. The van der Waals surface area contributed by atoms with Gasteiger partial charge in [-0.2, -0.15) is 4.98 Å². The van der Waals surface area contributed by atoms with Crippen LogP contribution in [-0.2, 0) is 0 Å². The summed E-state index contributed by atoms with van der Waals surface area (Å²) >= 11 is 0. The topological polar surface area (TPSA) is 38.2 Å². The molecule has 0 atom stereocenters. The summed E-state index contributed by atoms with van der Waals surface area (Å²) in [6, 6.07) is 1.71. The molecular formula is C11H15F2N3O. The van der Waals surface area contributed by atoms with E-state index in [1.165, 1.54) is 7.11 Å². The number of rotatable bonds is 2. The lowest BCUT2D eigenvalue weighted by Crippen LogP contribution is -2.40. The maximum absolute atomic E-state index is 13.0. The van der Waals surface area contributed by atoms with E-state index in [1.807, 2.05) is 6.92 Å². The molecule has 0 spiro atoms. The van der Waals surface area contributed by atoms with E-state index in [9.17, 15) is 8.78 Å². The highest BCUT2D eigenvalue weighted by atomic mass is 19.3. The minimum absolute atomic E-state index is 0.146. The third-order valence-electron chi connectivity index (χ3n) is 2.81. The van der Waals surface area contributed by atoms with Crippen molar-refractivity contribution < 1.29 is 13.5 Å². The second-order valence-corrected chi connectivity index (χ2v) is 4.19. The Hall–Kier alpha value is -1.46. The Bertz CT molecular complexity index is 402. The Labute approximate surface area is 98.6 Å². The Morgan fingerprint density at radius 1 is 1.29 bits per heavy atom. The molecule has 1 aromatic heterocycles. The number of halogens is 2. The van der Waals surface area contributed by atoms with Crippen molar-refractivity contribution in [3.63, 3.8) is 0 Å². The molecule has 6 heteroatoms. The number of hydrogen-bond donors (Lipinski definition) is 0. The largest absolute Gasteiger partial charge is 0.481 e. The molecule has 0 amide bonds. The van der Waals surface area contributed by atoms with Gasteiger partial charge in [0.15, 0.2) is 0 Å². The zero-order chi connectivity index (χ0) is 12.5. The van der Waals surface area contributed by atoms with Crippen molar-refractivity contribution in [1.29, 1.82) is 0 Å². The normalized spacial score (nSPS) is 19.2. The number of anilines is 1. The molecule has 0 saturated carbocycles. The number of piperidine rings is 1. The van der Waals surface area contributed by atoms with Crippen LogP contribution in [0.4, 0.5) is 14.7 Å². The Balaban J connectivity index is 2.15. The standard InChI is InChI=1S/C11H15F2N3O/c1-8-7-9(17-2)15-10(14-8)16-5-3-11(12,13)4-6-16/h7H,3-6H2,1-2H3. The summed E-state index contributed by atoms with van der Waals surface area (Å²) in [6.45, 7) is 2.38. The third-order valence-corrected chi connectivity index (χ3v) is 2.81. The molecule has 0 unspecified atom stereocenters. The van der Waals surface area contributed by atoms with Crippen LogP contribution in [0.2, 0.25) is 0 Å². The maximum atomic E-state index is 13.0. The fraction of sp³-hybridized carbons (Fsp3) is 0.636. The van der Waals surface area contributed by atoms with Gasteiger partial charge < -0.3 is 9.64 Å². The van der Waals surface area contributed by atoms with E-state index < -0.39 is 5.92 Å². The Morgan fingerprint density at radius 3 is 2.53 bits per heavy atom. The van der Waals surface area contributed by atoms with Crippen molar-refractivity contribution in [3.05, 3.63) is 11.8 Å². The summed E-state index contributed by atoms with van der Waals surface area (Å²) < 4.78 is 31.1. The van der Waals surface area contributed by atoms with Gasteiger partial charge in [-0.3, -0.25) is 0 Å². The van der Waals surface area contributed by atoms with Crippen molar-refractivity contribution >= 4 is 5.95 Å². The predicted octanol–water partition coefficient (Wildman–Crippen LogP) is 2.03. The number of alkyl halides is 2. The summed E-state index contributed by atoms with van der Waals surface area (Å²) in [5, 5.41) is 0. The van der Waals surface area contributed by atoms with Gasteiger partial charge in [-0.1, -0.05) is 0 Å². The summed E-state index contributed by atoms with van der Waals surface area (Å²) in [4.78, 5) is 10.2. The zero-order valence-corrected chi connectivity index (χ0v) is 9.91. The van der Waals surface area contributed by atoms with E-state index in [4.69, 9.17) is 4.74 Å². The first-order valence-corrected chi connectivity index (χ1v) is 5.53. The maximum Gasteiger partial charge on any atom is 0.251 e. The number of aromatic nitrogens is 2. The van der Waals surface area contributed by atoms with Crippen molar-refractivity contribution in [2.45, 2.75) is 25.7 Å². The molecule has 4 nitrogen and oxygen atoms in total. The van der Waals surface area contributed by atoms with Crippen LogP contribution in [0.15, 0.2) is 6.07 Å². The number of methoxy groups -OCH3 is 1. The smallest absolute Gasteiger partial charge is 0.251 e. The molecule has 0 aliphatic carbocycles. The van der Waals surface area contributed by atoms with Crippen molar-refractivity contribution in [2.75, 3.05) is 25.1 Å². The van der Waals surface area contributed by atoms with Crippen LogP contribution in [-0.4, -0.2) is 36.1 Å². The molecule has 2 rings (SSSR count). The molecular weight excluding hydrogens is 228 g/mol. The zero-order valence-electron chi connectivity index (χ0n) is 9.91. The van der Waals surface area contributed by atoms with Crippen molar-refractivity contribution in [2.24, 2.45) is 0 Å². The average Bonchev–Trinajstić information content (AvgIpc) is 2.28. The second-order valence-electron chi connectivity index (χ2n) is 4.19. The molecule has 94 valence electrons. The molecule has 1 saturated heterocycles. The fourth-order valence-electron chi connectivity index (χ4n) is 1.80. The third kappa shape index (κ3) is 2.81. The molecule has 2 heterocycles. The first-order valence-electron chi connectivity index (χ1n) is 5.53. The van der Waals surface area contributed by atoms with Gasteiger partial charge in [0.2, 0.25) is 11.8 Å². The number of ether oxygens (including phenoxy) is 1. The average molecular weight is 243 g/mol. The Kier molecular flexibility index (Phi) is 3.13. The van der Waals surface area contributed by atoms with Gasteiger partial charge in [-0.15, -0.1) is 0 Å². The summed E-state index contributed by atoms with van der Waals surface area (Å²) in [5.41, 5.74) is 0.768. The molecule has 1 aliphatic heterocycles. The predicted molar refractivity (Wildman–Crippen MR) is 59.7 cm³/mol. The number of hydrogen-bond acceptors (Lipinski definition) is 4. The molecule has 1 aliphatic rings. The van der Waals surface area contributed by atoms with Crippen LogP contribution >= 0.6 is 0 Å². The molecule has 17 heavy (non-hydrogen) atoms. The minimum atomic E-state index is -2.55. The van der Waals surface area contributed by atoms with E-state index >= 15 is 0 Å². The first-order chi connectivity index (χ1) is 8.00. The monoisotopic (exact) mass is 243 g/mol. The molecule has 1 fully saturated rings. The van der Waals surface area contributed by atoms with Gasteiger partial charge >= 0.3 is 0 Å². The highest BCUT2D eigenvalue weighted by Gasteiger charge is 2.34. The van der Waals surface area contributed by atoms with Gasteiger partial charge in [0, 0.05) is 37.7 Å². The lowest BCUT2D eigenvalue weighted by molar-refractivity contribution is -0.0222. The van der Waals surface area contributed by atoms with Gasteiger partial charge in [0.1, 0.15) is 0 Å². The van der Waals surface area contributed by atoms with Crippen LogP contribution in [0.5, 0.6) is 5.88 Å². The Morgan fingerprint density at radius 2 is 1.94 bits per heavy atom. The van der Waals surface area contributed by atoms with E-state index in [0.717, 1.165) is 5.69 Å². The summed E-state index contributed by atoms with van der Waals surface area (Å²) in [6.07, 6.45) is -0.292. The van der Waals surface area contributed by atoms with Crippen molar-refractivity contribution in [3.8, 4) is 5.88 Å².